The van der Waals surface area contributed by atoms with Gasteiger partial charge in [0.1, 0.15) is 8.42 Å². The van der Waals surface area contributed by atoms with Crippen molar-refractivity contribution in [2.75, 3.05) is 19.6 Å². The summed E-state index contributed by atoms with van der Waals surface area (Å²) in [6, 6.07) is 1.09. The van der Waals surface area contributed by atoms with E-state index >= 15 is 0 Å². The van der Waals surface area contributed by atoms with Crippen LogP contribution in [-0.2, 0) is 20.0 Å². The number of nitrogens with zero attached hydrogens (tertiary/aromatic N) is 1. The Morgan fingerprint density at radius 2 is 2.23 bits per heavy atom. The van der Waals surface area contributed by atoms with E-state index in [1.165, 1.54) is 16.4 Å². The predicted molar refractivity (Wildman–Crippen MR) is 88.3 cm³/mol. The molecule has 1 aliphatic heterocycles. The number of halogens is 1. The van der Waals surface area contributed by atoms with Gasteiger partial charge in [0.05, 0.1) is 0 Å². The van der Waals surface area contributed by atoms with E-state index in [0.29, 0.717) is 23.4 Å². The Morgan fingerprint density at radius 3 is 2.73 bits per heavy atom. The highest BCUT2D eigenvalue weighted by atomic mass is 35.5. The van der Waals surface area contributed by atoms with Gasteiger partial charge in [-0.3, -0.25) is 0 Å². The highest BCUT2D eigenvalue weighted by Gasteiger charge is 2.39. The molecule has 1 unspecified atom stereocenters. The lowest BCUT2D eigenvalue weighted by Gasteiger charge is -2.31. The maximum atomic E-state index is 12.5. The van der Waals surface area contributed by atoms with Gasteiger partial charge in [-0.2, -0.15) is 4.31 Å². The lowest BCUT2D eigenvalue weighted by Crippen LogP contribution is -2.43. The van der Waals surface area contributed by atoms with Crippen LogP contribution in [0.2, 0.25) is 0 Å². The summed E-state index contributed by atoms with van der Waals surface area (Å²) in [5.41, 5.74) is 0.464. The fourth-order valence-corrected chi connectivity index (χ4v) is 6.44. The number of nitrogens with one attached hydrogen (secondary N) is 1. The van der Waals surface area contributed by atoms with Gasteiger partial charge in [0, 0.05) is 24.7 Å². The normalized spacial score (nSPS) is 20.9. The third-order valence-corrected chi connectivity index (χ3v) is 8.03. The van der Waals surface area contributed by atoms with Crippen LogP contribution < -0.4 is 10.5 Å². The number of primary sulfonamides is 1. The van der Waals surface area contributed by atoms with E-state index in [2.05, 4.69) is 11.9 Å². The smallest absolute Gasteiger partial charge is 0.253 e. The SMILES string of the molecule is C=CCN1CC(NCC)c2cc(S(N)(=O)=O)sc2S1(=O)=O.Cl. The highest BCUT2D eigenvalue weighted by Crippen LogP contribution is 2.39. The van der Waals surface area contributed by atoms with Gasteiger partial charge in [-0.1, -0.05) is 13.0 Å². The van der Waals surface area contributed by atoms with Crippen molar-refractivity contribution < 1.29 is 16.8 Å². The van der Waals surface area contributed by atoms with Crippen LogP contribution in [0.15, 0.2) is 27.1 Å². The van der Waals surface area contributed by atoms with E-state index in [-0.39, 0.29) is 40.0 Å². The van der Waals surface area contributed by atoms with Crippen molar-refractivity contribution in [3.05, 3.63) is 24.3 Å². The quantitative estimate of drug-likeness (QED) is 0.721. The zero-order valence-corrected chi connectivity index (χ0v) is 15.1. The molecular formula is C11H18ClN3O4S3. The Bertz CT molecular complexity index is 758. The minimum Gasteiger partial charge on any atom is -0.309 e. The zero-order valence-electron chi connectivity index (χ0n) is 11.9. The predicted octanol–water partition coefficient (Wildman–Crippen LogP) is 0.658. The molecule has 1 atom stereocenters. The molecule has 0 radical (unpaired) electrons. The summed E-state index contributed by atoms with van der Waals surface area (Å²) in [7, 11) is -7.64. The van der Waals surface area contributed by atoms with Crippen molar-refractivity contribution in [2.45, 2.75) is 21.4 Å². The summed E-state index contributed by atoms with van der Waals surface area (Å²) in [6.07, 6.45) is 1.50. The molecule has 22 heavy (non-hydrogen) atoms. The summed E-state index contributed by atoms with van der Waals surface area (Å²) in [5.74, 6) is 0. The van der Waals surface area contributed by atoms with E-state index < -0.39 is 20.0 Å². The minimum atomic E-state index is -3.93. The first-order valence-corrected chi connectivity index (χ1v) is 10.0. The monoisotopic (exact) mass is 387 g/mol. The molecule has 2 rings (SSSR count). The maximum Gasteiger partial charge on any atom is 0.253 e. The van der Waals surface area contributed by atoms with E-state index in [4.69, 9.17) is 5.14 Å². The van der Waals surface area contributed by atoms with Crippen LogP contribution in [0.5, 0.6) is 0 Å². The number of nitrogens with two attached hydrogens (primary N) is 1. The number of hydrogen-bond acceptors (Lipinski definition) is 6. The lowest BCUT2D eigenvalue weighted by molar-refractivity contribution is 0.365. The molecule has 1 aliphatic rings. The molecule has 3 N–H and O–H groups in total. The van der Waals surface area contributed by atoms with Crippen LogP contribution in [0, 0.1) is 0 Å². The molecule has 7 nitrogen and oxygen atoms in total. The number of rotatable bonds is 5. The second-order valence-electron chi connectivity index (χ2n) is 4.57. The van der Waals surface area contributed by atoms with Gasteiger partial charge >= 0.3 is 0 Å². The van der Waals surface area contributed by atoms with E-state index in [0.717, 1.165) is 0 Å². The number of fused-ring (bicyclic) bond motifs is 1. The second-order valence-corrected chi connectivity index (χ2v) is 9.55. The third-order valence-electron chi connectivity index (χ3n) is 3.10. The Labute approximate surface area is 140 Å². The molecular weight excluding hydrogens is 370 g/mol. The summed E-state index contributed by atoms with van der Waals surface area (Å²) in [4.78, 5) is 0. The van der Waals surface area contributed by atoms with Crippen LogP contribution in [0.25, 0.3) is 0 Å². The number of likely N-dealkylation sites (N-methyl/N-ethyl adjacent to an activating group) is 1. The molecule has 0 spiro atoms. The van der Waals surface area contributed by atoms with Crippen molar-refractivity contribution in [1.82, 2.24) is 9.62 Å². The number of sulfonamides is 2. The van der Waals surface area contributed by atoms with Crippen molar-refractivity contribution in [2.24, 2.45) is 5.14 Å². The molecule has 0 aromatic carbocycles. The molecule has 0 fully saturated rings. The molecule has 11 heteroatoms. The van der Waals surface area contributed by atoms with Gasteiger partial charge in [0.2, 0.25) is 10.0 Å². The molecule has 0 saturated carbocycles. The van der Waals surface area contributed by atoms with E-state index in [9.17, 15) is 16.8 Å². The van der Waals surface area contributed by atoms with Crippen molar-refractivity contribution in [3.63, 3.8) is 0 Å². The van der Waals surface area contributed by atoms with Crippen LogP contribution in [0.1, 0.15) is 18.5 Å². The van der Waals surface area contributed by atoms with Gasteiger partial charge < -0.3 is 5.32 Å². The van der Waals surface area contributed by atoms with Crippen LogP contribution in [0.3, 0.4) is 0 Å². The fourth-order valence-electron chi connectivity index (χ4n) is 2.21. The van der Waals surface area contributed by atoms with E-state index in [1.54, 1.807) is 0 Å². The Morgan fingerprint density at radius 1 is 1.59 bits per heavy atom. The van der Waals surface area contributed by atoms with Gasteiger partial charge in [-0.05, 0) is 12.6 Å². The minimum absolute atomic E-state index is 0. The molecule has 0 bridgehead atoms. The Balaban J connectivity index is 0.00000242. The standard InChI is InChI=1S/C11H17N3O4S3.ClH/c1-3-5-14-7-9(13-4-2)8-6-10(20(12,15)16)19-11(8)21(14,17)18;/h3,6,9,13H,1,4-5,7H2,2H3,(H2,12,15,16);1H. The molecule has 1 aromatic rings. The average molecular weight is 388 g/mol. The largest absolute Gasteiger partial charge is 0.309 e. The summed E-state index contributed by atoms with van der Waals surface area (Å²) in [5, 5.41) is 8.27. The van der Waals surface area contributed by atoms with Crippen LogP contribution in [-0.4, -0.2) is 40.8 Å². The molecule has 0 aliphatic carbocycles. The third kappa shape index (κ3) is 3.53. The Hall–Kier alpha value is -0.490. The first-order valence-electron chi connectivity index (χ1n) is 6.22. The van der Waals surface area contributed by atoms with Gasteiger partial charge in [0.25, 0.3) is 10.0 Å². The molecule has 126 valence electrons. The van der Waals surface area contributed by atoms with Crippen molar-refractivity contribution in [1.29, 1.82) is 0 Å². The molecule has 0 saturated heterocycles. The molecule has 0 amide bonds. The average Bonchev–Trinajstić information content (AvgIpc) is 2.82. The second kappa shape index (κ2) is 6.95. The lowest BCUT2D eigenvalue weighted by atomic mass is 10.1. The van der Waals surface area contributed by atoms with Gasteiger partial charge in [-0.25, -0.2) is 22.0 Å². The number of thiophene rings is 1. The highest BCUT2D eigenvalue weighted by molar-refractivity contribution is 7.94. The molecule has 2 heterocycles. The Kier molecular flexibility index (Phi) is 6.18. The fraction of sp³-hybridized carbons (Fsp3) is 0.455. The van der Waals surface area contributed by atoms with Crippen LogP contribution >= 0.6 is 23.7 Å². The summed E-state index contributed by atoms with van der Waals surface area (Å²) >= 11 is 0.692. The maximum absolute atomic E-state index is 12.5. The van der Waals surface area contributed by atoms with Crippen molar-refractivity contribution >= 4 is 43.8 Å². The first-order chi connectivity index (χ1) is 9.71. The summed E-state index contributed by atoms with van der Waals surface area (Å²) < 4.78 is 49.1. The first kappa shape index (κ1) is 19.6. The van der Waals surface area contributed by atoms with Crippen molar-refractivity contribution in [3.8, 4) is 0 Å². The van der Waals surface area contributed by atoms with Crippen LogP contribution in [0.4, 0.5) is 0 Å². The van der Waals surface area contributed by atoms with Gasteiger partial charge in [-0.15, -0.1) is 30.3 Å². The summed E-state index contributed by atoms with van der Waals surface area (Å²) in [6.45, 7) is 6.49. The molecule has 1 aromatic heterocycles. The number of hydrogen-bond donors (Lipinski definition) is 2. The van der Waals surface area contributed by atoms with E-state index in [1.807, 2.05) is 6.92 Å². The topological polar surface area (TPSA) is 110 Å². The zero-order chi connectivity index (χ0) is 15.8. The van der Waals surface area contributed by atoms with Gasteiger partial charge in [0.15, 0.2) is 0 Å².